The number of benzene rings is 1. The van der Waals surface area contributed by atoms with Crippen molar-refractivity contribution in [3.8, 4) is 5.75 Å². The van der Waals surface area contributed by atoms with Gasteiger partial charge in [0.15, 0.2) is 0 Å². The summed E-state index contributed by atoms with van der Waals surface area (Å²) in [5.41, 5.74) is 1.88. The van der Waals surface area contributed by atoms with Crippen LogP contribution in [0.3, 0.4) is 0 Å². The lowest BCUT2D eigenvalue weighted by Gasteiger charge is -2.34. The van der Waals surface area contributed by atoms with Crippen molar-refractivity contribution in [3.63, 3.8) is 0 Å². The standard InChI is InChI=1S/C17H18O7/c18-12-7-22-17(15(20)14(12)19)23-8-4-5-10-9-2-1-3-11(9)16(21)24-13(10)6-8/h4-6,12,14-15,17-20H,1-3,7H2/t12-,14+,15-,17+/m1/s1. The molecule has 4 rings (SSSR count). The van der Waals surface area contributed by atoms with Crippen molar-refractivity contribution in [2.75, 3.05) is 6.61 Å². The minimum atomic E-state index is -1.38. The van der Waals surface area contributed by atoms with Crippen molar-refractivity contribution in [3.05, 3.63) is 39.7 Å². The van der Waals surface area contributed by atoms with Gasteiger partial charge in [-0.1, -0.05) is 0 Å². The van der Waals surface area contributed by atoms with Gasteiger partial charge in [-0.3, -0.25) is 0 Å². The summed E-state index contributed by atoms with van der Waals surface area (Å²) in [6, 6.07) is 5.09. The topological polar surface area (TPSA) is 109 Å². The molecule has 0 amide bonds. The van der Waals surface area contributed by atoms with Gasteiger partial charge in [0.2, 0.25) is 6.29 Å². The molecule has 4 atom stereocenters. The number of rotatable bonds is 2. The van der Waals surface area contributed by atoms with Gasteiger partial charge in [0, 0.05) is 17.0 Å². The zero-order valence-electron chi connectivity index (χ0n) is 12.8. The van der Waals surface area contributed by atoms with Gasteiger partial charge in [-0.25, -0.2) is 4.79 Å². The highest BCUT2D eigenvalue weighted by Gasteiger charge is 2.39. The maximum atomic E-state index is 12.0. The maximum absolute atomic E-state index is 12.0. The van der Waals surface area contributed by atoms with Crippen molar-refractivity contribution in [1.29, 1.82) is 0 Å². The molecule has 128 valence electrons. The molecule has 0 unspecified atom stereocenters. The minimum Gasteiger partial charge on any atom is -0.462 e. The lowest BCUT2D eigenvalue weighted by atomic mass is 10.1. The van der Waals surface area contributed by atoms with Crippen molar-refractivity contribution < 1.29 is 29.2 Å². The van der Waals surface area contributed by atoms with Crippen LogP contribution in [0.4, 0.5) is 0 Å². The van der Waals surface area contributed by atoms with E-state index in [-0.39, 0.29) is 12.2 Å². The third-order valence-electron chi connectivity index (χ3n) is 4.65. The van der Waals surface area contributed by atoms with Gasteiger partial charge in [-0.2, -0.15) is 0 Å². The molecular formula is C17H18O7. The molecule has 7 nitrogen and oxygen atoms in total. The molecule has 0 radical (unpaired) electrons. The van der Waals surface area contributed by atoms with E-state index in [2.05, 4.69) is 0 Å². The molecule has 3 N–H and O–H groups in total. The Morgan fingerprint density at radius 3 is 2.71 bits per heavy atom. The molecule has 24 heavy (non-hydrogen) atoms. The number of ether oxygens (including phenoxy) is 2. The normalized spacial score (nSPS) is 29.6. The number of hydrogen-bond donors (Lipinski definition) is 3. The van der Waals surface area contributed by atoms with Crippen molar-refractivity contribution in [2.45, 2.75) is 43.9 Å². The third-order valence-corrected chi connectivity index (χ3v) is 4.65. The van der Waals surface area contributed by atoms with E-state index in [9.17, 15) is 20.1 Å². The van der Waals surface area contributed by atoms with Gasteiger partial charge in [-0.15, -0.1) is 0 Å². The van der Waals surface area contributed by atoms with Gasteiger partial charge in [0.25, 0.3) is 0 Å². The lowest BCUT2D eigenvalue weighted by Crippen LogP contribution is -2.54. The molecule has 1 aromatic heterocycles. The SMILES string of the molecule is O=c1oc2cc(O[C@@H]3OC[C@@H](O)[C@H](O)[C@H]3O)ccc2c2c1CCC2. The number of aryl methyl sites for hydroxylation is 1. The Labute approximate surface area is 137 Å². The average molecular weight is 334 g/mol. The fourth-order valence-corrected chi connectivity index (χ4v) is 3.35. The molecule has 1 aliphatic heterocycles. The van der Waals surface area contributed by atoms with Crippen LogP contribution in [0.25, 0.3) is 11.0 Å². The molecule has 0 spiro atoms. The molecule has 0 bridgehead atoms. The van der Waals surface area contributed by atoms with E-state index in [1.807, 2.05) is 6.07 Å². The highest BCUT2D eigenvalue weighted by Crippen LogP contribution is 2.30. The molecule has 0 saturated carbocycles. The number of hydrogen-bond acceptors (Lipinski definition) is 7. The monoisotopic (exact) mass is 334 g/mol. The summed E-state index contributed by atoms with van der Waals surface area (Å²) in [5.74, 6) is 0.344. The van der Waals surface area contributed by atoms with Crippen LogP contribution in [0.15, 0.2) is 27.4 Å². The Hall–Kier alpha value is -1.93. The Morgan fingerprint density at radius 1 is 1.08 bits per heavy atom. The van der Waals surface area contributed by atoms with E-state index in [0.29, 0.717) is 11.3 Å². The van der Waals surface area contributed by atoms with Crippen molar-refractivity contribution >= 4 is 11.0 Å². The first-order chi connectivity index (χ1) is 11.5. The molecule has 2 aliphatic rings. The van der Waals surface area contributed by atoms with Gasteiger partial charge in [-0.05, 0) is 37.0 Å². The second-order valence-electron chi connectivity index (χ2n) is 6.23. The molecular weight excluding hydrogens is 316 g/mol. The highest BCUT2D eigenvalue weighted by atomic mass is 16.7. The Bertz CT molecular complexity index is 828. The Balaban J connectivity index is 1.64. The summed E-state index contributed by atoms with van der Waals surface area (Å²) < 4.78 is 16.1. The number of fused-ring (bicyclic) bond motifs is 3. The number of aliphatic hydroxyl groups excluding tert-OH is 3. The van der Waals surface area contributed by atoms with Crippen LogP contribution >= 0.6 is 0 Å². The minimum absolute atomic E-state index is 0.140. The molecule has 1 aromatic carbocycles. The predicted molar refractivity (Wildman–Crippen MR) is 82.9 cm³/mol. The first-order valence-corrected chi connectivity index (χ1v) is 7.95. The maximum Gasteiger partial charge on any atom is 0.339 e. The molecule has 2 heterocycles. The summed E-state index contributed by atoms with van der Waals surface area (Å²) in [4.78, 5) is 12.0. The van der Waals surface area contributed by atoms with E-state index in [1.54, 1.807) is 12.1 Å². The summed E-state index contributed by atoms with van der Waals surface area (Å²) >= 11 is 0. The quantitative estimate of drug-likeness (QED) is 0.668. The zero-order valence-corrected chi connectivity index (χ0v) is 12.8. The molecule has 1 aliphatic carbocycles. The van der Waals surface area contributed by atoms with Crippen molar-refractivity contribution in [1.82, 2.24) is 0 Å². The second kappa shape index (κ2) is 5.86. The average Bonchev–Trinajstić information content (AvgIpc) is 3.06. The smallest absolute Gasteiger partial charge is 0.339 e. The molecule has 1 saturated heterocycles. The van der Waals surface area contributed by atoms with Gasteiger partial charge < -0.3 is 29.2 Å². The van der Waals surface area contributed by atoms with Crippen LogP contribution in [0, 0.1) is 0 Å². The van der Waals surface area contributed by atoms with Crippen LogP contribution in [0.5, 0.6) is 5.75 Å². The fourth-order valence-electron chi connectivity index (χ4n) is 3.35. The van der Waals surface area contributed by atoms with Crippen LogP contribution in [0.1, 0.15) is 17.5 Å². The van der Waals surface area contributed by atoms with Crippen LogP contribution < -0.4 is 10.4 Å². The molecule has 1 fully saturated rings. The molecule has 2 aromatic rings. The van der Waals surface area contributed by atoms with E-state index < -0.39 is 24.6 Å². The predicted octanol–water partition coefficient (Wildman–Crippen LogP) is 0.0995. The first kappa shape index (κ1) is 15.6. The lowest BCUT2D eigenvalue weighted by molar-refractivity contribution is -0.242. The van der Waals surface area contributed by atoms with E-state index in [1.165, 1.54) is 0 Å². The Kier molecular flexibility index (Phi) is 3.80. The summed E-state index contributed by atoms with van der Waals surface area (Å²) in [7, 11) is 0. The summed E-state index contributed by atoms with van der Waals surface area (Å²) in [5, 5.41) is 29.9. The van der Waals surface area contributed by atoms with Crippen molar-refractivity contribution in [2.24, 2.45) is 0 Å². The zero-order chi connectivity index (χ0) is 16.8. The summed E-state index contributed by atoms with van der Waals surface area (Å²) in [6.07, 6.45) is -2.44. The van der Waals surface area contributed by atoms with E-state index in [0.717, 1.165) is 35.8 Å². The largest absolute Gasteiger partial charge is 0.462 e. The van der Waals surface area contributed by atoms with E-state index >= 15 is 0 Å². The van der Waals surface area contributed by atoms with Crippen LogP contribution in [-0.2, 0) is 17.6 Å². The molecule has 7 heteroatoms. The second-order valence-corrected chi connectivity index (χ2v) is 6.23. The van der Waals surface area contributed by atoms with Gasteiger partial charge in [0.1, 0.15) is 29.6 Å². The third kappa shape index (κ3) is 2.50. The van der Waals surface area contributed by atoms with E-state index in [4.69, 9.17) is 13.9 Å². The van der Waals surface area contributed by atoms with Crippen LogP contribution in [-0.4, -0.2) is 46.5 Å². The summed E-state index contributed by atoms with van der Waals surface area (Å²) in [6.45, 7) is -0.140. The Morgan fingerprint density at radius 2 is 1.88 bits per heavy atom. The van der Waals surface area contributed by atoms with Gasteiger partial charge in [0.05, 0.1) is 6.61 Å². The number of aliphatic hydroxyl groups is 3. The van der Waals surface area contributed by atoms with Gasteiger partial charge >= 0.3 is 5.63 Å². The van der Waals surface area contributed by atoms with Crippen LogP contribution in [0.2, 0.25) is 0 Å². The highest BCUT2D eigenvalue weighted by molar-refractivity contribution is 5.83. The fraction of sp³-hybridized carbons (Fsp3) is 0.471. The first-order valence-electron chi connectivity index (χ1n) is 7.95.